The number of rotatable bonds is 2. The highest BCUT2D eigenvalue weighted by molar-refractivity contribution is 5.31. The molecule has 0 aliphatic heterocycles. The van der Waals surface area contributed by atoms with Crippen LogP contribution < -0.4 is 0 Å². The molecule has 1 aromatic heterocycles. The number of hydrogen-bond donors (Lipinski definition) is 1. The average Bonchev–Trinajstić information content (AvgIpc) is 2.17. The normalized spacial score (nSPS) is 10.3. The van der Waals surface area contributed by atoms with Gasteiger partial charge in [0.2, 0.25) is 0 Å². The fraction of sp³-hybridized carbons (Fsp3) is 0.250. The second-order valence-electron chi connectivity index (χ2n) is 2.44. The van der Waals surface area contributed by atoms with Gasteiger partial charge >= 0.3 is 0 Å². The molecule has 0 saturated heterocycles. The molecule has 0 radical (unpaired) electrons. The Labute approximate surface area is 77.4 Å². The lowest BCUT2D eigenvalue weighted by Crippen LogP contribution is -2.02. The zero-order valence-corrected chi connectivity index (χ0v) is 6.84. The van der Waals surface area contributed by atoms with Crippen LogP contribution in [0.5, 0.6) is 0 Å². The molecule has 0 saturated carbocycles. The number of aliphatic hydroxyl groups excluding tert-OH is 1. The molecule has 0 atom stereocenters. The van der Waals surface area contributed by atoms with Crippen LogP contribution in [0.2, 0.25) is 0 Å². The molecule has 3 nitrogen and oxygen atoms in total. The van der Waals surface area contributed by atoms with Crippen LogP contribution in [0, 0.1) is 17.1 Å². The van der Waals surface area contributed by atoms with Crippen LogP contribution in [0.3, 0.4) is 0 Å². The largest absolute Gasteiger partial charge is 0.392 e. The summed E-state index contributed by atoms with van der Waals surface area (Å²) in [6, 6.07) is 2.07. The Morgan fingerprint density at radius 2 is 2.21 bits per heavy atom. The van der Waals surface area contributed by atoms with E-state index < -0.39 is 30.2 Å². The zero-order valence-electron chi connectivity index (χ0n) is 6.84. The highest BCUT2D eigenvalue weighted by Gasteiger charge is 2.16. The minimum absolute atomic E-state index is 0.355. The van der Waals surface area contributed by atoms with Crippen molar-refractivity contribution in [1.82, 2.24) is 4.98 Å². The van der Waals surface area contributed by atoms with Crippen molar-refractivity contribution in [2.45, 2.75) is 13.0 Å². The maximum atomic E-state index is 13.0. The van der Waals surface area contributed by atoms with Crippen molar-refractivity contribution < 1.29 is 18.3 Å². The third-order valence-electron chi connectivity index (χ3n) is 1.55. The van der Waals surface area contributed by atoms with Gasteiger partial charge in [0, 0.05) is 5.56 Å². The number of halogens is 3. The van der Waals surface area contributed by atoms with Gasteiger partial charge in [0.15, 0.2) is 11.5 Å². The van der Waals surface area contributed by atoms with E-state index in [-0.39, 0.29) is 5.56 Å². The van der Waals surface area contributed by atoms with Crippen LogP contribution in [-0.2, 0) is 6.61 Å². The smallest absolute Gasteiger partial charge is 0.280 e. The van der Waals surface area contributed by atoms with Crippen LogP contribution >= 0.6 is 0 Å². The number of aromatic nitrogens is 1. The molecule has 0 aliphatic carbocycles. The summed E-state index contributed by atoms with van der Waals surface area (Å²) in [6.45, 7) is -0.747. The van der Waals surface area contributed by atoms with Gasteiger partial charge in [-0.2, -0.15) is 5.26 Å². The van der Waals surface area contributed by atoms with E-state index in [1.165, 1.54) is 6.07 Å². The summed E-state index contributed by atoms with van der Waals surface area (Å²) in [5.74, 6) is -1.06. The molecule has 0 amide bonds. The van der Waals surface area contributed by atoms with Crippen molar-refractivity contribution in [1.29, 1.82) is 5.26 Å². The number of pyridine rings is 1. The van der Waals surface area contributed by atoms with E-state index in [1.807, 2.05) is 0 Å². The number of hydrogen-bond acceptors (Lipinski definition) is 3. The van der Waals surface area contributed by atoms with E-state index in [9.17, 15) is 13.2 Å². The first-order chi connectivity index (χ1) is 6.60. The Morgan fingerprint density at radius 1 is 1.57 bits per heavy atom. The standard InChI is InChI=1S/C8H5F3N2O/c9-7-4(3-14)1-5(8(10)11)13-6(7)2-12/h1,8,14H,3H2. The molecule has 1 heterocycles. The fourth-order valence-corrected chi connectivity index (χ4v) is 0.905. The van der Waals surface area contributed by atoms with E-state index >= 15 is 0 Å². The first-order valence-corrected chi connectivity index (χ1v) is 3.58. The summed E-state index contributed by atoms with van der Waals surface area (Å²) in [5.41, 5.74) is -1.80. The Morgan fingerprint density at radius 3 is 2.64 bits per heavy atom. The van der Waals surface area contributed by atoms with Crippen molar-refractivity contribution in [2.75, 3.05) is 0 Å². The average molecular weight is 202 g/mol. The summed E-state index contributed by atoms with van der Waals surface area (Å²) >= 11 is 0. The Hall–Kier alpha value is -1.61. The molecule has 74 valence electrons. The van der Waals surface area contributed by atoms with E-state index in [4.69, 9.17) is 10.4 Å². The van der Waals surface area contributed by atoms with Crippen molar-refractivity contribution in [3.63, 3.8) is 0 Å². The van der Waals surface area contributed by atoms with Gasteiger partial charge in [-0.1, -0.05) is 0 Å². The molecule has 1 aromatic rings. The minimum atomic E-state index is -2.90. The summed E-state index contributed by atoms with van der Waals surface area (Å²) in [4.78, 5) is 3.10. The van der Waals surface area contributed by atoms with Gasteiger partial charge in [-0.15, -0.1) is 0 Å². The van der Waals surface area contributed by atoms with Crippen LogP contribution in [0.15, 0.2) is 6.07 Å². The van der Waals surface area contributed by atoms with E-state index in [0.29, 0.717) is 0 Å². The van der Waals surface area contributed by atoms with Gasteiger partial charge in [-0.05, 0) is 6.07 Å². The maximum Gasteiger partial charge on any atom is 0.280 e. The molecular weight excluding hydrogens is 197 g/mol. The molecule has 0 aliphatic rings. The van der Waals surface area contributed by atoms with Gasteiger partial charge in [0.1, 0.15) is 11.8 Å². The summed E-state index contributed by atoms with van der Waals surface area (Å²) in [7, 11) is 0. The number of alkyl halides is 2. The Kier molecular flexibility index (Phi) is 3.04. The predicted molar refractivity (Wildman–Crippen MR) is 39.8 cm³/mol. The lowest BCUT2D eigenvalue weighted by molar-refractivity contribution is 0.145. The molecular formula is C8H5F3N2O. The second kappa shape index (κ2) is 4.07. The minimum Gasteiger partial charge on any atom is -0.392 e. The summed E-state index contributed by atoms with van der Waals surface area (Å²) < 4.78 is 37.3. The number of aliphatic hydroxyl groups is 1. The lowest BCUT2D eigenvalue weighted by Gasteiger charge is -2.04. The third-order valence-corrected chi connectivity index (χ3v) is 1.55. The van der Waals surface area contributed by atoms with Gasteiger partial charge in [-0.25, -0.2) is 18.2 Å². The van der Waals surface area contributed by atoms with Crippen molar-refractivity contribution >= 4 is 0 Å². The maximum absolute atomic E-state index is 13.0. The second-order valence-corrected chi connectivity index (χ2v) is 2.44. The van der Waals surface area contributed by atoms with Gasteiger partial charge < -0.3 is 5.11 Å². The lowest BCUT2D eigenvalue weighted by atomic mass is 10.2. The molecule has 0 spiro atoms. The first-order valence-electron chi connectivity index (χ1n) is 3.58. The van der Waals surface area contributed by atoms with Crippen molar-refractivity contribution in [3.8, 4) is 6.07 Å². The third kappa shape index (κ3) is 1.83. The van der Waals surface area contributed by atoms with Crippen molar-refractivity contribution in [2.24, 2.45) is 0 Å². The first kappa shape index (κ1) is 10.5. The molecule has 1 N–H and O–H groups in total. The van der Waals surface area contributed by atoms with Crippen LogP contribution in [0.4, 0.5) is 13.2 Å². The van der Waals surface area contributed by atoms with Gasteiger partial charge in [0.25, 0.3) is 6.43 Å². The fourth-order valence-electron chi connectivity index (χ4n) is 0.905. The highest BCUT2D eigenvalue weighted by Crippen LogP contribution is 2.20. The Bertz CT molecular complexity index is 387. The monoisotopic (exact) mass is 202 g/mol. The molecule has 14 heavy (non-hydrogen) atoms. The quantitative estimate of drug-likeness (QED) is 0.790. The number of nitriles is 1. The van der Waals surface area contributed by atoms with Crippen LogP contribution in [0.1, 0.15) is 23.4 Å². The molecule has 0 bridgehead atoms. The van der Waals surface area contributed by atoms with Crippen LogP contribution in [-0.4, -0.2) is 10.1 Å². The molecule has 0 fully saturated rings. The SMILES string of the molecule is N#Cc1nc(C(F)F)cc(CO)c1F. The highest BCUT2D eigenvalue weighted by atomic mass is 19.3. The summed E-state index contributed by atoms with van der Waals surface area (Å²) in [5, 5.41) is 17.0. The van der Waals surface area contributed by atoms with Gasteiger partial charge in [-0.3, -0.25) is 0 Å². The molecule has 0 unspecified atom stereocenters. The predicted octanol–water partition coefficient (Wildman–Crippen LogP) is 1.52. The van der Waals surface area contributed by atoms with Gasteiger partial charge in [0.05, 0.1) is 6.61 Å². The summed E-state index contributed by atoms with van der Waals surface area (Å²) in [6.07, 6.45) is -2.90. The van der Waals surface area contributed by atoms with Crippen LogP contribution in [0.25, 0.3) is 0 Å². The molecule has 1 rings (SSSR count). The van der Waals surface area contributed by atoms with Crippen molar-refractivity contribution in [3.05, 3.63) is 28.8 Å². The van der Waals surface area contributed by atoms with E-state index in [1.54, 1.807) is 0 Å². The molecule has 0 aromatic carbocycles. The zero-order chi connectivity index (χ0) is 10.7. The van der Waals surface area contributed by atoms with E-state index in [0.717, 1.165) is 6.07 Å². The Balaban J connectivity index is 3.34. The number of nitrogens with zero attached hydrogens (tertiary/aromatic N) is 2. The molecule has 6 heteroatoms. The topological polar surface area (TPSA) is 56.9 Å². The van der Waals surface area contributed by atoms with E-state index in [2.05, 4.69) is 4.98 Å².